The van der Waals surface area contributed by atoms with Crippen LogP contribution in [0.3, 0.4) is 0 Å². The van der Waals surface area contributed by atoms with E-state index in [2.05, 4.69) is 5.32 Å². The number of ketones is 1. The quantitative estimate of drug-likeness (QED) is 0.211. The first-order chi connectivity index (χ1) is 20.0. The van der Waals surface area contributed by atoms with Crippen molar-refractivity contribution >= 4 is 27.7 Å². The van der Waals surface area contributed by atoms with E-state index in [0.29, 0.717) is 12.0 Å². The van der Waals surface area contributed by atoms with Gasteiger partial charge in [0, 0.05) is 12.3 Å². The molecule has 0 aromatic heterocycles. The van der Waals surface area contributed by atoms with Gasteiger partial charge in [-0.2, -0.15) is 0 Å². The van der Waals surface area contributed by atoms with Crippen LogP contribution in [0.1, 0.15) is 29.5 Å². The van der Waals surface area contributed by atoms with Crippen LogP contribution in [0.25, 0.3) is 0 Å². The number of hydrogen-bond donors (Lipinski definition) is 3. The number of aliphatic hydroxyl groups excluding tert-OH is 1. The molecule has 0 aliphatic heterocycles. The van der Waals surface area contributed by atoms with Crippen molar-refractivity contribution in [2.75, 3.05) is 6.26 Å². The van der Waals surface area contributed by atoms with E-state index < -0.39 is 51.3 Å². The first kappa shape index (κ1) is 30.9. The van der Waals surface area contributed by atoms with E-state index in [4.69, 9.17) is 15.2 Å². The van der Waals surface area contributed by atoms with Gasteiger partial charge in [-0.1, -0.05) is 72.8 Å². The minimum atomic E-state index is -3.45. The topological polar surface area (TPSA) is 162 Å². The lowest BCUT2D eigenvalue weighted by Gasteiger charge is -2.45. The predicted molar refractivity (Wildman–Crippen MR) is 154 cm³/mol. The Morgan fingerprint density at radius 3 is 1.93 bits per heavy atom. The van der Waals surface area contributed by atoms with E-state index in [1.165, 1.54) is 24.3 Å². The smallest absolute Gasteiger partial charge is 0.407 e. The largest absolute Gasteiger partial charge is 0.460 e. The Hall–Kier alpha value is -4.06. The van der Waals surface area contributed by atoms with Gasteiger partial charge in [-0.05, 0) is 48.1 Å². The van der Waals surface area contributed by atoms with Crippen molar-refractivity contribution in [2.24, 2.45) is 11.1 Å². The van der Waals surface area contributed by atoms with E-state index in [0.717, 1.165) is 17.4 Å². The SMILES string of the molecule is CS(=O)(=O)c1ccc(C[C@@H](NC(=O)OCc2ccccc2)[C@H](O)C(=O)C2(C(=O)OCc3ccccc3)CCC2N)cc1. The number of nitrogens with two attached hydrogens (primary N) is 1. The molecule has 3 aromatic rings. The zero-order valence-electron chi connectivity index (χ0n) is 23.1. The molecule has 10 nitrogen and oxygen atoms in total. The van der Waals surface area contributed by atoms with Crippen LogP contribution in [0.2, 0.25) is 0 Å². The second kappa shape index (κ2) is 13.3. The number of benzene rings is 3. The first-order valence-electron chi connectivity index (χ1n) is 13.5. The molecule has 1 saturated carbocycles. The zero-order valence-corrected chi connectivity index (χ0v) is 24.0. The fourth-order valence-electron chi connectivity index (χ4n) is 4.84. The van der Waals surface area contributed by atoms with Crippen LogP contribution in [-0.2, 0) is 48.5 Å². The van der Waals surface area contributed by atoms with Crippen molar-refractivity contribution in [3.63, 3.8) is 0 Å². The Balaban J connectivity index is 1.53. The number of esters is 1. The third-order valence-corrected chi connectivity index (χ3v) is 8.60. The maximum Gasteiger partial charge on any atom is 0.407 e. The van der Waals surface area contributed by atoms with Crippen LogP contribution in [0.5, 0.6) is 0 Å². The van der Waals surface area contributed by atoms with Crippen molar-refractivity contribution in [1.29, 1.82) is 0 Å². The third kappa shape index (κ3) is 7.22. The molecular formula is C31H34N2O8S. The average Bonchev–Trinajstić information content (AvgIpc) is 2.98. The maximum absolute atomic E-state index is 13.8. The van der Waals surface area contributed by atoms with Crippen LogP contribution >= 0.6 is 0 Å². The van der Waals surface area contributed by atoms with Gasteiger partial charge >= 0.3 is 12.1 Å². The van der Waals surface area contributed by atoms with Gasteiger partial charge in [0.1, 0.15) is 24.7 Å². The molecule has 4 N–H and O–H groups in total. The summed E-state index contributed by atoms with van der Waals surface area (Å²) in [5, 5.41) is 13.9. The minimum Gasteiger partial charge on any atom is -0.460 e. The number of Topliss-reactive ketones (excluding diaryl/α,β-unsaturated/α-hetero) is 1. The lowest BCUT2D eigenvalue weighted by atomic mass is 9.60. The fraction of sp³-hybridized carbons (Fsp3) is 0.323. The van der Waals surface area contributed by atoms with E-state index >= 15 is 0 Å². The predicted octanol–water partition coefficient (Wildman–Crippen LogP) is 2.71. The third-order valence-electron chi connectivity index (χ3n) is 7.47. The molecule has 1 amide bonds. The van der Waals surface area contributed by atoms with Gasteiger partial charge in [0.15, 0.2) is 15.6 Å². The van der Waals surface area contributed by atoms with E-state index in [9.17, 15) is 27.9 Å². The lowest BCUT2D eigenvalue weighted by Crippen LogP contribution is -2.65. The summed E-state index contributed by atoms with van der Waals surface area (Å²) in [4.78, 5) is 39.9. The molecule has 0 radical (unpaired) electrons. The minimum absolute atomic E-state index is 0.0485. The van der Waals surface area contributed by atoms with Gasteiger partial charge in [0.05, 0.1) is 10.9 Å². The number of aliphatic hydroxyl groups is 1. The summed E-state index contributed by atoms with van der Waals surface area (Å²) in [6, 6.07) is 21.6. The van der Waals surface area contributed by atoms with E-state index in [1.807, 2.05) is 12.1 Å². The molecule has 222 valence electrons. The summed E-state index contributed by atoms with van der Waals surface area (Å²) in [6.45, 7) is -0.120. The summed E-state index contributed by atoms with van der Waals surface area (Å²) in [6.07, 6.45) is -1.26. The molecule has 3 aromatic carbocycles. The van der Waals surface area contributed by atoms with Gasteiger partial charge in [0.25, 0.3) is 0 Å². The van der Waals surface area contributed by atoms with Crippen molar-refractivity contribution in [3.8, 4) is 0 Å². The molecule has 0 bridgehead atoms. The Kier molecular flexibility index (Phi) is 9.77. The first-order valence-corrected chi connectivity index (χ1v) is 15.3. The number of rotatable bonds is 12. The number of carbonyl (C=O) groups excluding carboxylic acids is 3. The average molecular weight is 595 g/mol. The molecule has 1 fully saturated rings. The standard InChI is InChI=1S/C31H34N2O8S/c1-42(38,39)24-14-12-21(13-15-24)18-25(33-30(37)41-20-23-10-6-3-7-11-23)27(34)28(35)31(17-16-26(31)32)29(36)40-19-22-8-4-2-5-9-22/h2-15,25-27,34H,16-20,32H2,1H3,(H,33,37)/t25-,26?,27+,31?/m1/s1. The second-order valence-electron chi connectivity index (χ2n) is 10.4. The molecule has 4 atom stereocenters. The second-order valence-corrected chi connectivity index (χ2v) is 12.4. The molecule has 4 rings (SSSR count). The van der Waals surface area contributed by atoms with Gasteiger partial charge in [-0.15, -0.1) is 0 Å². The van der Waals surface area contributed by atoms with Crippen molar-refractivity contribution in [3.05, 3.63) is 102 Å². The molecule has 1 aliphatic rings. The summed E-state index contributed by atoms with van der Waals surface area (Å²) in [5.41, 5.74) is 6.40. The lowest BCUT2D eigenvalue weighted by molar-refractivity contribution is -0.173. The monoisotopic (exact) mass is 594 g/mol. The number of amides is 1. The molecule has 2 unspecified atom stereocenters. The molecular weight excluding hydrogens is 560 g/mol. The van der Waals surface area contributed by atoms with Gasteiger partial charge < -0.3 is 25.6 Å². The molecule has 42 heavy (non-hydrogen) atoms. The molecule has 0 heterocycles. The number of alkyl carbamates (subject to hydrolysis) is 1. The number of carbonyl (C=O) groups is 3. The van der Waals surface area contributed by atoms with Crippen LogP contribution in [0, 0.1) is 5.41 Å². The number of sulfone groups is 1. The Morgan fingerprint density at radius 1 is 0.905 bits per heavy atom. The van der Waals surface area contributed by atoms with Gasteiger partial charge in [0.2, 0.25) is 0 Å². The fourth-order valence-corrected chi connectivity index (χ4v) is 5.47. The van der Waals surface area contributed by atoms with Gasteiger partial charge in [-0.3, -0.25) is 9.59 Å². The summed E-state index contributed by atoms with van der Waals surface area (Å²) in [7, 11) is -3.45. The van der Waals surface area contributed by atoms with Crippen molar-refractivity contribution in [2.45, 2.75) is 55.6 Å². The highest BCUT2D eigenvalue weighted by Gasteiger charge is 2.60. The highest BCUT2D eigenvalue weighted by atomic mass is 32.2. The van der Waals surface area contributed by atoms with Crippen molar-refractivity contribution in [1.82, 2.24) is 5.32 Å². The highest BCUT2D eigenvalue weighted by molar-refractivity contribution is 7.90. The molecule has 0 saturated heterocycles. The van der Waals surface area contributed by atoms with Crippen LogP contribution in [0.15, 0.2) is 89.8 Å². The summed E-state index contributed by atoms with van der Waals surface area (Å²) in [5.74, 6) is -1.70. The van der Waals surface area contributed by atoms with E-state index in [1.54, 1.807) is 48.5 Å². The van der Waals surface area contributed by atoms with E-state index in [-0.39, 0.29) is 31.0 Å². The maximum atomic E-state index is 13.8. The number of nitrogens with one attached hydrogen (secondary N) is 1. The van der Waals surface area contributed by atoms with Crippen molar-refractivity contribution < 1.29 is 37.4 Å². The number of ether oxygens (including phenoxy) is 2. The zero-order chi connectivity index (χ0) is 30.3. The summed E-state index contributed by atoms with van der Waals surface area (Å²) >= 11 is 0. The molecule has 0 spiro atoms. The van der Waals surface area contributed by atoms with Crippen LogP contribution < -0.4 is 11.1 Å². The number of hydrogen-bond acceptors (Lipinski definition) is 9. The highest BCUT2D eigenvalue weighted by Crippen LogP contribution is 2.43. The Bertz CT molecular complexity index is 1500. The normalized spacial score (nSPS) is 19.5. The molecule has 1 aliphatic carbocycles. The van der Waals surface area contributed by atoms with Crippen LogP contribution in [0.4, 0.5) is 4.79 Å². The Morgan fingerprint density at radius 2 is 1.45 bits per heavy atom. The summed E-state index contributed by atoms with van der Waals surface area (Å²) < 4.78 is 34.5. The molecule has 11 heteroatoms. The van der Waals surface area contributed by atoms with Gasteiger partial charge in [-0.25, -0.2) is 13.2 Å². The Labute approximate surface area is 244 Å². The van der Waals surface area contributed by atoms with Crippen LogP contribution in [-0.4, -0.2) is 55.8 Å².